The number of nitrogens with one attached hydrogen (secondary N) is 1. The van der Waals surface area contributed by atoms with Gasteiger partial charge in [0.05, 0.1) is 0 Å². The maximum atomic E-state index is 12.9. The van der Waals surface area contributed by atoms with Crippen LogP contribution in [0.4, 0.5) is 0 Å². The highest BCUT2D eigenvalue weighted by Crippen LogP contribution is 2.34. The van der Waals surface area contributed by atoms with Crippen LogP contribution in [0, 0.1) is 5.41 Å². The van der Waals surface area contributed by atoms with Crippen LogP contribution in [0.3, 0.4) is 0 Å². The molecule has 0 saturated carbocycles. The van der Waals surface area contributed by atoms with E-state index in [-0.39, 0.29) is 22.8 Å². The lowest BCUT2D eigenvalue weighted by molar-refractivity contribution is -0.144. The van der Waals surface area contributed by atoms with E-state index in [1.54, 1.807) is 0 Å². The van der Waals surface area contributed by atoms with Crippen LogP contribution in [0.15, 0.2) is 0 Å². The Morgan fingerprint density at radius 2 is 1.75 bits per heavy atom. The Hall–Kier alpha value is -1.06. The molecule has 0 bridgehead atoms. The molecule has 1 N–H and O–H groups in total. The Morgan fingerprint density at radius 3 is 2.20 bits per heavy atom. The summed E-state index contributed by atoms with van der Waals surface area (Å²) in [6.45, 7) is 15.0. The molecule has 0 aromatic carbocycles. The smallest absolute Gasteiger partial charge is 0.248 e. The van der Waals surface area contributed by atoms with Gasteiger partial charge in [0.2, 0.25) is 11.8 Å². The zero-order valence-corrected chi connectivity index (χ0v) is 14.1. The highest BCUT2D eigenvalue weighted by molar-refractivity contribution is 5.93. The van der Waals surface area contributed by atoms with E-state index >= 15 is 0 Å². The molecule has 4 nitrogen and oxygen atoms in total. The molecule has 0 radical (unpaired) electrons. The number of hydrogen-bond acceptors (Lipinski definition) is 2. The van der Waals surface area contributed by atoms with Crippen molar-refractivity contribution in [3.63, 3.8) is 0 Å². The van der Waals surface area contributed by atoms with E-state index < -0.39 is 5.54 Å². The van der Waals surface area contributed by atoms with Gasteiger partial charge in [-0.1, -0.05) is 27.7 Å². The number of hydrogen-bond donors (Lipinski definition) is 1. The Labute approximate surface area is 123 Å². The van der Waals surface area contributed by atoms with E-state index in [9.17, 15) is 9.59 Å². The maximum Gasteiger partial charge on any atom is 0.248 e. The van der Waals surface area contributed by atoms with Crippen molar-refractivity contribution in [3.05, 3.63) is 0 Å². The average molecular weight is 282 g/mol. The van der Waals surface area contributed by atoms with Gasteiger partial charge in [0.15, 0.2) is 0 Å². The van der Waals surface area contributed by atoms with E-state index in [0.717, 1.165) is 6.42 Å². The van der Waals surface area contributed by atoms with Crippen LogP contribution in [0.1, 0.15) is 67.7 Å². The molecule has 116 valence electrons. The van der Waals surface area contributed by atoms with Gasteiger partial charge in [0.25, 0.3) is 0 Å². The van der Waals surface area contributed by atoms with Gasteiger partial charge >= 0.3 is 0 Å². The largest absolute Gasteiger partial charge is 0.342 e. The van der Waals surface area contributed by atoms with E-state index in [2.05, 4.69) is 39.9 Å². The van der Waals surface area contributed by atoms with Crippen molar-refractivity contribution in [1.82, 2.24) is 10.2 Å². The van der Waals surface area contributed by atoms with Crippen LogP contribution in [0.25, 0.3) is 0 Å². The molecular formula is C16H30N2O2. The fraction of sp³-hybridized carbons (Fsp3) is 0.875. The second kappa shape index (κ2) is 5.38. The van der Waals surface area contributed by atoms with Crippen molar-refractivity contribution >= 4 is 11.8 Å². The lowest BCUT2D eigenvalue weighted by atomic mass is 9.80. The molecular weight excluding hydrogens is 252 g/mol. The molecule has 0 aromatic heterocycles. The summed E-state index contributed by atoms with van der Waals surface area (Å²) in [5.41, 5.74) is -0.892. The average Bonchev–Trinajstić information content (AvgIpc) is 2.35. The molecule has 1 aliphatic rings. The van der Waals surface area contributed by atoms with Gasteiger partial charge in [0.1, 0.15) is 5.54 Å². The van der Waals surface area contributed by atoms with Crippen LogP contribution < -0.4 is 5.32 Å². The van der Waals surface area contributed by atoms with E-state index in [1.165, 1.54) is 0 Å². The molecule has 0 spiro atoms. The summed E-state index contributed by atoms with van der Waals surface area (Å²) in [6, 6.07) is 0. The third kappa shape index (κ3) is 3.74. The predicted molar refractivity (Wildman–Crippen MR) is 81.3 cm³/mol. The van der Waals surface area contributed by atoms with Gasteiger partial charge in [-0.15, -0.1) is 0 Å². The van der Waals surface area contributed by atoms with E-state index in [1.807, 2.05) is 18.7 Å². The summed E-state index contributed by atoms with van der Waals surface area (Å²) >= 11 is 0. The van der Waals surface area contributed by atoms with E-state index in [0.29, 0.717) is 19.4 Å². The topological polar surface area (TPSA) is 49.4 Å². The highest BCUT2D eigenvalue weighted by Gasteiger charge is 2.44. The minimum atomic E-state index is -0.775. The lowest BCUT2D eigenvalue weighted by Crippen LogP contribution is -2.59. The second-order valence-corrected chi connectivity index (χ2v) is 7.99. The first kappa shape index (κ1) is 17.0. The summed E-state index contributed by atoms with van der Waals surface area (Å²) < 4.78 is 0. The number of amides is 2. The van der Waals surface area contributed by atoms with Crippen LogP contribution in [0.2, 0.25) is 0 Å². The maximum absolute atomic E-state index is 12.9. The standard InChI is InChI=1S/C16H30N2O2/c1-8-16(7)13(20)18(10-9-12(19)17-16)15(5,6)11-14(2,3)4/h8-11H2,1-7H3,(H,17,19). The number of carbonyl (C=O) groups is 2. The minimum absolute atomic E-state index is 0.0308. The Bertz CT molecular complexity index is 396. The van der Waals surface area contributed by atoms with Gasteiger partial charge < -0.3 is 10.2 Å². The van der Waals surface area contributed by atoms with Crippen LogP contribution in [-0.4, -0.2) is 34.3 Å². The van der Waals surface area contributed by atoms with Crippen molar-refractivity contribution in [2.45, 2.75) is 78.8 Å². The molecule has 1 saturated heterocycles. The summed E-state index contributed by atoms with van der Waals surface area (Å²) in [7, 11) is 0. The lowest BCUT2D eigenvalue weighted by Gasteiger charge is -2.44. The molecule has 1 rings (SSSR count). The summed E-state index contributed by atoms with van der Waals surface area (Å²) in [5.74, 6) is 0.0110. The third-order valence-corrected chi connectivity index (χ3v) is 4.10. The molecule has 1 aliphatic heterocycles. The van der Waals surface area contributed by atoms with Crippen LogP contribution in [0.5, 0.6) is 0 Å². The van der Waals surface area contributed by atoms with Crippen molar-refractivity contribution in [2.24, 2.45) is 5.41 Å². The first-order chi connectivity index (χ1) is 8.91. The molecule has 1 heterocycles. The molecule has 1 atom stereocenters. The fourth-order valence-corrected chi connectivity index (χ4v) is 3.25. The Kier molecular flexibility index (Phi) is 4.57. The predicted octanol–water partition coefficient (Wildman–Crippen LogP) is 2.72. The second-order valence-electron chi connectivity index (χ2n) is 7.99. The fourth-order valence-electron chi connectivity index (χ4n) is 3.25. The molecule has 0 aromatic rings. The molecule has 0 aliphatic carbocycles. The summed E-state index contributed by atoms with van der Waals surface area (Å²) in [4.78, 5) is 26.7. The molecule has 1 unspecified atom stereocenters. The van der Waals surface area contributed by atoms with Gasteiger partial charge in [0, 0.05) is 18.5 Å². The number of nitrogens with zero attached hydrogens (tertiary/aromatic N) is 1. The number of rotatable bonds is 3. The monoisotopic (exact) mass is 282 g/mol. The SMILES string of the molecule is CCC1(C)NC(=O)CCN(C(C)(C)CC(C)(C)C)C1=O. The molecule has 4 heteroatoms. The molecule has 2 amide bonds. The van der Waals surface area contributed by atoms with Crippen LogP contribution in [-0.2, 0) is 9.59 Å². The van der Waals surface area contributed by atoms with Crippen molar-refractivity contribution in [2.75, 3.05) is 6.54 Å². The summed E-state index contributed by atoms with van der Waals surface area (Å²) in [6.07, 6.45) is 1.90. The van der Waals surface area contributed by atoms with Gasteiger partial charge in [-0.25, -0.2) is 0 Å². The van der Waals surface area contributed by atoms with E-state index in [4.69, 9.17) is 0 Å². The van der Waals surface area contributed by atoms with Gasteiger partial charge in [-0.3, -0.25) is 9.59 Å². The first-order valence-corrected chi connectivity index (χ1v) is 7.54. The zero-order chi connectivity index (χ0) is 15.8. The minimum Gasteiger partial charge on any atom is -0.342 e. The van der Waals surface area contributed by atoms with Crippen molar-refractivity contribution < 1.29 is 9.59 Å². The van der Waals surface area contributed by atoms with Gasteiger partial charge in [-0.05, 0) is 39.0 Å². The first-order valence-electron chi connectivity index (χ1n) is 7.54. The summed E-state index contributed by atoms with van der Waals surface area (Å²) in [5, 5.41) is 2.89. The molecule has 1 fully saturated rings. The van der Waals surface area contributed by atoms with Crippen molar-refractivity contribution in [3.8, 4) is 0 Å². The zero-order valence-electron chi connectivity index (χ0n) is 14.1. The van der Waals surface area contributed by atoms with Crippen LogP contribution >= 0.6 is 0 Å². The highest BCUT2D eigenvalue weighted by atomic mass is 16.2. The quantitative estimate of drug-likeness (QED) is 0.865. The van der Waals surface area contributed by atoms with Gasteiger partial charge in [-0.2, -0.15) is 0 Å². The number of carbonyl (C=O) groups excluding carboxylic acids is 2. The third-order valence-electron chi connectivity index (χ3n) is 4.10. The normalized spacial score (nSPS) is 25.4. The molecule has 20 heavy (non-hydrogen) atoms. The van der Waals surface area contributed by atoms with Crippen molar-refractivity contribution in [1.29, 1.82) is 0 Å². The Balaban J connectivity index is 3.09. The Morgan fingerprint density at radius 1 is 1.20 bits per heavy atom.